The van der Waals surface area contributed by atoms with E-state index in [1.54, 1.807) is 6.07 Å². The molecule has 2 heteroatoms. The zero-order valence-corrected chi connectivity index (χ0v) is 15.2. The van der Waals surface area contributed by atoms with Crippen LogP contribution >= 0.6 is 0 Å². The zero-order chi connectivity index (χ0) is 16.8. The van der Waals surface area contributed by atoms with Crippen molar-refractivity contribution in [1.82, 2.24) is 0 Å². The van der Waals surface area contributed by atoms with E-state index in [0.29, 0.717) is 5.75 Å². The summed E-state index contributed by atoms with van der Waals surface area (Å²) in [5, 5.41) is 9.76. The monoisotopic (exact) mass is 320 g/mol. The van der Waals surface area contributed by atoms with Gasteiger partial charge in [-0.05, 0) is 25.0 Å². The van der Waals surface area contributed by atoms with E-state index in [1.807, 2.05) is 18.2 Å². The van der Waals surface area contributed by atoms with Crippen LogP contribution in [0.25, 0.3) is 0 Å². The molecule has 1 N–H and O–H groups in total. The number of benzene rings is 1. The van der Waals surface area contributed by atoms with E-state index in [-0.39, 0.29) is 6.10 Å². The third kappa shape index (κ3) is 10.4. The summed E-state index contributed by atoms with van der Waals surface area (Å²) in [5.74, 6) is 0.377. The average Bonchev–Trinajstić information content (AvgIpc) is 2.55. The van der Waals surface area contributed by atoms with Gasteiger partial charge in [0.05, 0.1) is 6.10 Å². The number of phenols is 1. The Labute approximate surface area is 143 Å². The van der Waals surface area contributed by atoms with E-state index in [1.165, 1.54) is 57.8 Å². The van der Waals surface area contributed by atoms with Crippen LogP contribution in [0.3, 0.4) is 0 Å². The van der Waals surface area contributed by atoms with Crippen molar-refractivity contribution in [3.05, 3.63) is 29.8 Å². The van der Waals surface area contributed by atoms with Crippen molar-refractivity contribution in [1.29, 1.82) is 0 Å². The topological polar surface area (TPSA) is 29.5 Å². The first-order valence-corrected chi connectivity index (χ1v) is 9.62. The summed E-state index contributed by atoms with van der Waals surface area (Å²) in [6.07, 6.45) is 14.5. The molecule has 2 nitrogen and oxygen atoms in total. The molecule has 0 aliphatic heterocycles. The maximum atomic E-state index is 9.76. The molecule has 0 spiro atoms. The van der Waals surface area contributed by atoms with E-state index in [9.17, 15) is 5.11 Å². The quantitative estimate of drug-likeness (QED) is 0.410. The molecule has 0 heterocycles. The predicted octanol–water partition coefficient (Wildman–Crippen LogP) is 6.26. The molecule has 0 radical (unpaired) electrons. The van der Waals surface area contributed by atoms with E-state index in [2.05, 4.69) is 13.8 Å². The molecule has 23 heavy (non-hydrogen) atoms. The van der Waals surface area contributed by atoms with Crippen molar-refractivity contribution in [2.45, 2.75) is 90.6 Å². The number of unbranched alkanes of at least 4 members (excludes halogenated alkanes) is 9. The average molecular weight is 321 g/mol. The minimum absolute atomic E-state index is 0.168. The number of aromatic hydroxyl groups is 1. The summed E-state index contributed by atoms with van der Waals surface area (Å²) >= 11 is 0. The summed E-state index contributed by atoms with van der Waals surface area (Å²) in [4.78, 5) is 0. The third-order valence-corrected chi connectivity index (χ3v) is 4.40. The highest BCUT2D eigenvalue weighted by Crippen LogP contribution is 2.18. The van der Waals surface area contributed by atoms with Crippen molar-refractivity contribution in [3.63, 3.8) is 0 Å². The zero-order valence-electron chi connectivity index (χ0n) is 15.2. The summed E-state index contributed by atoms with van der Waals surface area (Å²) in [7, 11) is 0. The van der Waals surface area contributed by atoms with Crippen LogP contribution in [0.4, 0.5) is 0 Å². The molecular weight excluding hydrogens is 284 g/mol. The summed E-state index contributed by atoms with van der Waals surface area (Å²) in [6, 6.07) is 7.53. The largest absolute Gasteiger partial charge is 0.508 e. The Kier molecular flexibility index (Phi) is 11.7. The van der Waals surface area contributed by atoms with Crippen LogP contribution in [0.1, 0.15) is 83.6 Å². The van der Waals surface area contributed by atoms with Gasteiger partial charge in [0.15, 0.2) is 0 Å². The SMILES string of the molecule is CCCCCCCCCCCCOC(C)Cc1ccccc1O. The lowest BCUT2D eigenvalue weighted by Crippen LogP contribution is -2.12. The normalized spacial score (nSPS) is 12.4. The van der Waals surface area contributed by atoms with Gasteiger partial charge in [-0.2, -0.15) is 0 Å². The van der Waals surface area contributed by atoms with Crippen LogP contribution in [-0.2, 0) is 11.2 Å². The molecule has 1 aromatic rings. The highest BCUT2D eigenvalue weighted by Gasteiger charge is 2.07. The fourth-order valence-corrected chi connectivity index (χ4v) is 2.93. The van der Waals surface area contributed by atoms with Gasteiger partial charge in [-0.25, -0.2) is 0 Å². The van der Waals surface area contributed by atoms with E-state index >= 15 is 0 Å². The molecule has 0 aliphatic rings. The highest BCUT2D eigenvalue weighted by atomic mass is 16.5. The molecule has 0 fully saturated rings. The van der Waals surface area contributed by atoms with Crippen molar-refractivity contribution in [2.75, 3.05) is 6.61 Å². The van der Waals surface area contributed by atoms with Crippen LogP contribution in [-0.4, -0.2) is 17.8 Å². The van der Waals surface area contributed by atoms with Gasteiger partial charge in [0.25, 0.3) is 0 Å². The lowest BCUT2D eigenvalue weighted by molar-refractivity contribution is 0.0631. The second-order valence-electron chi connectivity index (χ2n) is 6.70. The fraction of sp³-hybridized carbons (Fsp3) is 0.714. The molecule has 1 rings (SSSR count). The first kappa shape index (κ1) is 20.0. The lowest BCUT2D eigenvalue weighted by atomic mass is 10.1. The minimum Gasteiger partial charge on any atom is -0.508 e. The second kappa shape index (κ2) is 13.4. The Morgan fingerprint density at radius 2 is 1.43 bits per heavy atom. The molecule has 1 atom stereocenters. The van der Waals surface area contributed by atoms with E-state index in [4.69, 9.17) is 4.74 Å². The number of ether oxygens (including phenoxy) is 1. The number of hydrogen-bond acceptors (Lipinski definition) is 2. The second-order valence-corrected chi connectivity index (χ2v) is 6.70. The molecule has 1 aromatic carbocycles. The third-order valence-electron chi connectivity index (χ3n) is 4.40. The Morgan fingerprint density at radius 1 is 0.870 bits per heavy atom. The van der Waals surface area contributed by atoms with Gasteiger partial charge >= 0.3 is 0 Å². The van der Waals surface area contributed by atoms with Gasteiger partial charge in [0, 0.05) is 13.0 Å². The maximum absolute atomic E-state index is 9.76. The van der Waals surface area contributed by atoms with Crippen molar-refractivity contribution in [3.8, 4) is 5.75 Å². The van der Waals surface area contributed by atoms with Crippen molar-refractivity contribution >= 4 is 0 Å². The Morgan fingerprint density at radius 3 is 2.04 bits per heavy atom. The Balaban J connectivity index is 1.92. The molecular formula is C21H36O2. The van der Waals surface area contributed by atoms with Gasteiger partial charge in [-0.3, -0.25) is 0 Å². The number of phenolic OH excluding ortho intramolecular Hbond substituents is 1. The van der Waals surface area contributed by atoms with Crippen LogP contribution in [0, 0.1) is 0 Å². The Bertz CT molecular complexity index is 389. The number of rotatable bonds is 14. The molecule has 0 saturated heterocycles. The number of para-hydroxylation sites is 1. The van der Waals surface area contributed by atoms with E-state index < -0.39 is 0 Å². The highest BCUT2D eigenvalue weighted by molar-refractivity contribution is 5.32. The van der Waals surface area contributed by atoms with Gasteiger partial charge in [0.1, 0.15) is 5.75 Å². The number of hydrogen-bond donors (Lipinski definition) is 1. The minimum atomic E-state index is 0.168. The summed E-state index contributed by atoms with van der Waals surface area (Å²) < 4.78 is 5.86. The van der Waals surface area contributed by atoms with Crippen LogP contribution in [0.15, 0.2) is 24.3 Å². The van der Waals surface area contributed by atoms with Crippen molar-refractivity contribution in [2.24, 2.45) is 0 Å². The molecule has 1 unspecified atom stereocenters. The van der Waals surface area contributed by atoms with Gasteiger partial charge < -0.3 is 9.84 Å². The smallest absolute Gasteiger partial charge is 0.118 e. The van der Waals surface area contributed by atoms with Crippen LogP contribution < -0.4 is 0 Å². The first-order valence-electron chi connectivity index (χ1n) is 9.62. The maximum Gasteiger partial charge on any atom is 0.118 e. The molecule has 0 bridgehead atoms. The summed E-state index contributed by atoms with van der Waals surface area (Å²) in [6.45, 7) is 5.19. The lowest BCUT2D eigenvalue weighted by Gasteiger charge is -2.14. The Hall–Kier alpha value is -1.02. The van der Waals surface area contributed by atoms with Crippen molar-refractivity contribution < 1.29 is 9.84 Å². The molecule has 0 amide bonds. The van der Waals surface area contributed by atoms with Crippen LogP contribution in [0.5, 0.6) is 5.75 Å². The van der Waals surface area contributed by atoms with Gasteiger partial charge in [-0.15, -0.1) is 0 Å². The molecule has 0 saturated carbocycles. The molecule has 0 aliphatic carbocycles. The molecule has 0 aromatic heterocycles. The standard InChI is InChI=1S/C21H36O2/c1-3-4-5-6-7-8-9-10-11-14-17-23-19(2)18-20-15-12-13-16-21(20)22/h12-13,15-16,19,22H,3-11,14,17-18H2,1-2H3. The van der Waals surface area contributed by atoms with Crippen LogP contribution in [0.2, 0.25) is 0 Å². The predicted molar refractivity (Wildman–Crippen MR) is 99.1 cm³/mol. The van der Waals surface area contributed by atoms with Gasteiger partial charge in [-0.1, -0.05) is 82.9 Å². The molecule has 132 valence electrons. The summed E-state index contributed by atoms with van der Waals surface area (Å²) in [5.41, 5.74) is 0.975. The fourth-order valence-electron chi connectivity index (χ4n) is 2.93. The first-order chi connectivity index (χ1) is 11.2. The van der Waals surface area contributed by atoms with E-state index in [0.717, 1.165) is 25.0 Å². The van der Waals surface area contributed by atoms with Gasteiger partial charge in [0.2, 0.25) is 0 Å².